The standard InChI is InChI=1S/C38H72NO10P/c1-3-5-7-9-11-13-15-16-17-18-20-22-24-26-28-30-37(41)49-34(32-47-50(44,45)48-33-35(39)38(42)43)31-46-36(40)29-27-25-23-21-19-14-12-10-8-6-4-2/h18,20,34-35H,3-17,19,21-33,39H2,1-2H3,(H,42,43)(H,44,45)/b20-18+/t34-,35+/m1/s1. The Labute approximate surface area is 303 Å². The lowest BCUT2D eigenvalue weighted by Gasteiger charge is -2.20. The van der Waals surface area contributed by atoms with Crippen molar-refractivity contribution in [1.82, 2.24) is 0 Å². The zero-order valence-corrected chi connectivity index (χ0v) is 32.4. The minimum Gasteiger partial charge on any atom is -0.480 e. The Kier molecular flexibility index (Phi) is 33.1. The molecule has 12 heteroatoms. The summed E-state index contributed by atoms with van der Waals surface area (Å²) in [6.45, 7) is 2.77. The van der Waals surface area contributed by atoms with E-state index in [1.165, 1.54) is 96.3 Å². The van der Waals surface area contributed by atoms with Gasteiger partial charge in [0.1, 0.15) is 12.6 Å². The van der Waals surface area contributed by atoms with E-state index in [1.807, 2.05) is 0 Å². The van der Waals surface area contributed by atoms with Crippen LogP contribution in [0.4, 0.5) is 0 Å². The van der Waals surface area contributed by atoms with Crippen molar-refractivity contribution < 1.29 is 47.5 Å². The summed E-state index contributed by atoms with van der Waals surface area (Å²) in [5, 5.41) is 8.86. The van der Waals surface area contributed by atoms with E-state index < -0.39 is 51.1 Å². The number of carboxylic acid groups (broad SMARTS) is 1. The van der Waals surface area contributed by atoms with Crippen molar-refractivity contribution in [3.05, 3.63) is 12.2 Å². The molecule has 0 saturated heterocycles. The number of phosphoric ester groups is 1. The van der Waals surface area contributed by atoms with Crippen LogP contribution in [0.3, 0.4) is 0 Å². The lowest BCUT2D eigenvalue weighted by molar-refractivity contribution is -0.161. The predicted octanol–water partition coefficient (Wildman–Crippen LogP) is 9.73. The van der Waals surface area contributed by atoms with Crippen molar-refractivity contribution in [2.75, 3.05) is 19.8 Å². The van der Waals surface area contributed by atoms with E-state index in [0.717, 1.165) is 44.9 Å². The number of carbonyl (C=O) groups is 3. The molecule has 0 aromatic carbocycles. The van der Waals surface area contributed by atoms with Crippen LogP contribution < -0.4 is 5.73 Å². The minimum absolute atomic E-state index is 0.145. The van der Waals surface area contributed by atoms with Crippen molar-refractivity contribution in [1.29, 1.82) is 0 Å². The number of carboxylic acids is 1. The number of hydrogen-bond acceptors (Lipinski definition) is 9. The van der Waals surface area contributed by atoms with Crippen LogP contribution in [0.5, 0.6) is 0 Å². The number of esters is 2. The highest BCUT2D eigenvalue weighted by Gasteiger charge is 2.28. The van der Waals surface area contributed by atoms with Crippen molar-refractivity contribution in [2.24, 2.45) is 5.73 Å². The normalized spacial score (nSPS) is 14.0. The van der Waals surface area contributed by atoms with E-state index in [0.29, 0.717) is 12.8 Å². The van der Waals surface area contributed by atoms with Crippen molar-refractivity contribution >= 4 is 25.7 Å². The van der Waals surface area contributed by atoms with Crippen molar-refractivity contribution in [3.63, 3.8) is 0 Å². The molecule has 0 fully saturated rings. The first-order valence-corrected chi connectivity index (χ1v) is 21.2. The smallest absolute Gasteiger partial charge is 0.472 e. The van der Waals surface area contributed by atoms with Gasteiger partial charge in [-0.2, -0.15) is 0 Å². The molecule has 1 unspecified atom stereocenters. The number of rotatable bonds is 37. The number of nitrogens with two attached hydrogens (primary N) is 1. The summed E-state index contributed by atoms with van der Waals surface area (Å²) in [7, 11) is -4.71. The monoisotopic (exact) mass is 733 g/mol. The highest BCUT2D eigenvalue weighted by Crippen LogP contribution is 2.43. The third-order valence-corrected chi connectivity index (χ3v) is 9.46. The molecule has 50 heavy (non-hydrogen) atoms. The summed E-state index contributed by atoms with van der Waals surface area (Å²) in [4.78, 5) is 45.7. The number of ether oxygens (including phenoxy) is 2. The number of hydrogen-bond donors (Lipinski definition) is 3. The largest absolute Gasteiger partial charge is 0.480 e. The van der Waals surface area contributed by atoms with Crippen molar-refractivity contribution in [3.8, 4) is 0 Å². The van der Waals surface area contributed by atoms with E-state index >= 15 is 0 Å². The van der Waals surface area contributed by atoms with E-state index in [2.05, 4.69) is 30.5 Å². The Balaban J connectivity index is 4.43. The molecule has 0 aromatic heterocycles. The Bertz CT molecular complexity index is 916. The number of carbonyl (C=O) groups excluding carboxylic acids is 2. The third-order valence-electron chi connectivity index (χ3n) is 8.51. The molecule has 4 N–H and O–H groups in total. The molecule has 294 valence electrons. The minimum atomic E-state index is -4.71. The molecule has 0 aliphatic rings. The van der Waals surface area contributed by atoms with Gasteiger partial charge in [0.15, 0.2) is 6.10 Å². The highest BCUT2D eigenvalue weighted by molar-refractivity contribution is 7.47. The molecular weight excluding hydrogens is 661 g/mol. The number of allylic oxidation sites excluding steroid dienone is 2. The molecule has 0 amide bonds. The summed E-state index contributed by atoms with van der Waals surface area (Å²) in [5.41, 5.74) is 5.31. The summed E-state index contributed by atoms with van der Waals surface area (Å²) in [5.74, 6) is -2.39. The van der Waals surface area contributed by atoms with Crippen LogP contribution in [0.15, 0.2) is 12.2 Å². The fraction of sp³-hybridized carbons (Fsp3) is 0.868. The van der Waals surface area contributed by atoms with Gasteiger partial charge in [0, 0.05) is 12.8 Å². The topological polar surface area (TPSA) is 172 Å². The van der Waals surface area contributed by atoms with Crippen LogP contribution in [0.2, 0.25) is 0 Å². The molecular formula is C38H72NO10P. The maximum Gasteiger partial charge on any atom is 0.472 e. The Morgan fingerprint density at radius 1 is 0.600 bits per heavy atom. The molecule has 0 aromatic rings. The average molecular weight is 734 g/mol. The number of aliphatic carboxylic acids is 1. The molecule has 0 radical (unpaired) electrons. The van der Waals surface area contributed by atoms with Gasteiger partial charge in [0.25, 0.3) is 0 Å². The molecule has 0 spiro atoms. The molecule has 0 aliphatic heterocycles. The van der Waals surface area contributed by atoms with Gasteiger partial charge in [-0.25, -0.2) is 4.57 Å². The van der Waals surface area contributed by atoms with E-state index in [-0.39, 0.29) is 19.4 Å². The maximum atomic E-state index is 12.6. The fourth-order valence-corrected chi connectivity index (χ4v) is 6.13. The van der Waals surface area contributed by atoms with Gasteiger partial charge in [0.2, 0.25) is 0 Å². The van der Waals surface area contributed by atoms with Gasteiger partial charge in [0.05, 0.1) is 13.2 Å². The highest BCUT2D eigenvalue weighted by atomic mass is 31.2. The Morgan fingerprint density at radius 3 is 1.48 bits per heavy atom. The summed E-state index contributed by atoms with van der Waals surface area (Å²) >= 11 is 0. The van der Waals surface area contributed by atoms with E-state index in [9.17, 15) is 23.8 Å². The van der Waals surface area contributed by atoms with E-state index in [4.69, 9.17) is 24.8 Å². The summed E-state index contributed by atoms with van der Waals surface area (Å²) in [6.07, 6.45) is 31.4. The Morgan fingerprint density at radius 2 is 1.00 bits per heavy atom. The number of phosphoric acid groups is 1. The molecule has 11 nitrogen and oxygen atoms in total. The van der Waals surface area contributed by atoms with Gasteiger partial charge < -0.3 is 25.2 Å². The summed E-state index contributed by atoms with van der Waals surface area (Å²) in [6, 6.07) is -1.52. The second-order valence-electron chi connectivity index (χ2n) is 13.4. The second kappa shape index (κ2) is 34.3. The second-order valence-corrected chi connectivity index (χ2v) is 14.9. The maximum absolute atomic E-state index is 12.6. The first-order valence-electron chi connectivity index (χ1n) is 19.7. The zero-order chi connectivity index (χ0) is 37.1. The first kappa shape index (κ1) is 48.2. The quantitative estimate of drug-likeness (QED) is 0.0240. The molecule has 0 heterocycles. The molecule has 0 aliphatic carbocycles. The van der Waals surface area contributed by atoms with Gasteiger partial charge in [-0.15, -0.1) is 0 Å². The molecule has 0 bridgehead atoms. The van der Waals surface area contributed by atoms with Gasteiger partial charge in [-0.1, -0.05) is 142 Å². The molecule has 0 saturated carbocycles. The predicted molar refractivity (Wildman–Crippen MR) is 199 cm³/mol. The average Bonchev–Trinajstić information content (AvgIpc) is 3.09. The third kappa shape index (κ3) is 33.4. The SMILES string of the molecule is CCCCCCCCCC/C=C/CCCCCC(=O)O[C@H](COC(=O)CCCCCCCCCCCCC)COP(=O)(O)OC[C@H](N)C(=O)O. The Hall–Kier alpha value is -1.78. The van der Waals surface area contributed by atoms with Crippen LogP contribution in [0, 0.1) is 0 Å². The van der Waals surface area contributed by atoms with Gasteiger partial charge in [-0.3, -0.25) is 23.4 Å². The van der Waals surface area contributed by atoms with Gasteiger partial charge >= 0.3 is 25.7 Å². The lowest BCUT2D eigenvalue weighted by Crippen LogP contribution is -2.34. The van der Waals surface area contributed by atoms with E-state index in [1.54, 1.807) is 0 Å². The van der Waals surface area contributed by atoms with Crippen LogP contribution in [0.1, 0.15) is 181 Å². The molecule has 3 atom stereocenters. The first-order chi connectivity index (χ1) is 24.1. The number of unbranched alkanes of at least 4 members (excludes halogenated alkanes) is 21. The van der Waals surface area contributed by atoms with Crippen LogP contribution in [-0.2, 0) is 37.5 Å². The lowest BCUT2D eigenvalue weighted by atomic mass is 10.1. The summed E-state index contributed by atoms with van der Waals surface area (Å²) < 4.78 is 32.5. The van der Waals surface area contributed by atoms with Crippen LogP contribution in [-0.4, -0.2) is 59.9 Å². The van der Waals surface area contributed by atoms with Crippen LogP contribution >= 0.6 is 7.82 Å². The molecule has 0 rings (SSSR count). The van der Waals surface area contributed by atoms with Gasteiger partial charge in [-0.05, 0) is 38.5 Å². The zero-order valence-electron chi connectivity index (χ0n) is 31.5. The fourth-order valence-electron chi connectivity index (χ4n) is 5.35. The van der Waals surface area contributed by atoms with Crippen LogP contribution in [0.25, 0.3) is 0 Å². The van der Waals surface area contributed by atoms with Crippen molar-refractivity contribution in [2.45, 2.75) is 193 Å².